The molecule has 1 aliphatic heterocycles. The first-order valence-electron chi connectivity index (χ1n) is 9.63. The molecule has 1 unspecified atom stereocenters. The largest absolute Gasteiger partial charge is 0.384 e. The van der Waals surface area contributed by atoms with Gasteiger partial charge in [-0.15, -0.1) is 0 Å². The summed E-state index contributed by atoms with van der Waals surface area (Å²) in [5.41, 5.74) is 5.25. The van der Waals surface area contributed by atoms with Gasteiger partial charge in [0.15, 0.2) is 0 Å². The van der Waals surface area contributed by atoms with Crippen molar-refractivity contribution in [2.45, 2.75) is 46.3 Å². The first kappa shape index (κ1) is 20.9. The molecule has 0 radical (unpaired) electrons. The molecule has 3 nitrogen and oxygen atoms in total. The molecule has 0 amide bonds. The van der Waals surface area contributed by atoms with E-state index in [0.29, 0.717) is 11.6 Å². The Morgan fingerprint density at radius 2 is 1.75 bits per heavy atom. The van der Waals surface area contributed by atoms with Crippen LogP contribution in [0.25, 0.3) is 10.9 Å². The third kappa shape index (κ3) is 3.84. The molecule has 2 aromatic carbocycles. The van der Waals surface area contributed by atoms with E-state index in [1.165, 1.54) is 27.7 Å². The lowest BCUT2D eigenvalue weighted by Gasteiger charge is -2.27. The number of aryl methyl sites for hydroxylation is 1. The first-order valence-corrected chi connectivity index (χ1v) is 10.0. The lowest BCUT2D eigenvalue weighted by Crippen LogP contribution is -2.29. The van der Waals surface area contributed by atoms with E-state index in [1.54, 1.807) is 0 Å². The van der Waals surface area contributed by atoms with Crippen LogP contribution in [0.5, 0.6) is 0 Å². The summed E-state index contributed by atoms with van der Waals surface area (Å²) >= 11 is 6.03. The zero-order valence-electron chi connectivity index (χ0n) is 16.3. The van der Waals surface area contributed by atoms with E-state index in [4.69, 9.17) is 11.6 Å². The van der Waals surface area contributed by atoms with Crippen molar-refractivity contribution in [3.8, 4) is 0 Å². The van der Waals surface area contributed by atoms with Crippen LogP contribution < -0.4 is 0 Å². The van der Waals surface area contributed by atoms with Gasteiger partial charge >= 0.3 is 0 Å². The van der Waals surface area contributed by atoms with Crippen LogP contribution in [-0.2, 0) is 25.0 Å². The van der Waals surface area contributed by atoms with Crippen molar-refractivity contribution in [3.63, 3.8) is 0 Å². The summed E-state index contributed by atoms with van der Waals surface area (Å²) in [5, 5.41) is 13.3. The van der Waals surface area contributed by atoms with Crippen molar-refractivity contribution >= 4 is 22.5 Å². The Hall–Kier alpha value is -1.81. The van der Waals surface area contributed by atoms with Crippen molar-refractivity contribution in [2.24, 2.45) is 0 Å². The fourth-order valence-corrected chi connectivity index (χ4v) is 4.38. The predicted molar refractivity (Wildman–Crippen MR) is 119 cm³/mol. The Morgan fingerprint density at radius 1 is 1.07 bits per heavy atom. The third-order valence-electron chi connectivity index (χ3n) is 5.85. The topological polar surface area (TPSA) is 28.4 Å². The van der Waals surface area contributed by atoms with Crippen molar-refractivity contribution in [1.82, 2.24) is 9.47 Å². The highest BCUT2D eigenvalue weighted by molar-refractivity contribution is 6.30. The van der Waals surface area contributed by atoms with Crippen molar-refractivity contribution in [2.75, 3.05) is 20.1 Å². The Morgan fingerprint density at radius 3 is 2.46 bits per heavy atom. The van der Waals surface area contributed by atoms with Crippen LogP contribution in [0.15, 0.2) is 42.5 Å². The number of likely N-dealkylation sites (N-methyl/N-ethyl adjacent to an activating group) is 1. The van der Waals surface area contributed by atoms with Gasteiger partial charge in [-0.05, 0) is 62.7 Å². The van der Waals surface area contributed by atoms with Crippen LogP contribution in [0.2, 0.25) is 5.02 Å². The summed E-state index contributed by atoms with van der Waals surface area (Å²) in [6.07, 6.45) is 2.07. The van der Waals surface area contributed by atoms with Crippen molar-refractivity contribution in [1.29, 1.82) is 0 Å². The van der Waals surface area contributed by atoms with Crippen LogP contribution in [0.3, 0.4) is 0 Å². The van der Waals surface area contributed by atoms with E-state index in [9.17, 15) is 5.11 Å². The number of rotatable bonds is 3. The van der Waals surface area contributed by atoms with Crippen LogP contribution in [0, 0.1) is 6.92 Å². The second-order valence-corrected chi connectivity index (χ2v) is 8.55. The fraction of sp³-hybridized carbons (Fsp3) is 0.417. The Balaban J connectivity index is 0.00000225. The highest BCUT2D eigenvalue weighted by Crippen LogP contribution is 2.33. The van der Waals surface area contributed by atoms with E-state index in [0.717, 1.165) is 31.5 Å². The molecule has 0 aliphatic carbocycles. The quantitative estimate of drug-likeness (QED) is 0.658. The number of fused-ring (bicyclic) bond motifs is 3. The number of aliphatic hydroxyl groups is 1. The monoisotopic (exact) mass is 398 g/mol. The predicted octanol–water partition coefficient (Wildman–Crippen LogP) is 5.18. The number of halogens is 1. The van der Waals surface area contributed by atoms with Crippen LogP contribution in [-0.4, -0.2) is 34.7 Å². The molecular formula is C24H31ClN2O. The molecule has 2 heterocycles. The Labute approximate surface area is 173 Å². The Kier molecular flexibility index (Phi) is 5.90. The first-order chi connectivity index (χ1) is 12.8. The number of benzene rings is 2. The third-order valence-corrected chi connectivity index (χ3v) is 6.10. The number of nitrogens with zero attached hydrogens (tertiary/aromatic N) is 2. The molecule has 1 aliphatic rings. The molecular weight excluding hydrogens is 368 g/mol. The van der Waals surface area contributed by atoms with Gasteiger partial charge in [0.1, 0.15) is 5.60 Å². The molecule has 0 spiro atoms. The summed E-state index contributed by atoms with van der Waals surface area (Å²) in [7, 11) is 2.19. The normalized spacial score (nSPS) is 16.9. The molecule has 1 aromatic heterocycles. The van der Waals surface area contributed by atoms with E-state index in [2.05, 4.69) is 41.6 Å². The lowest BCUT2D eigenvalue weighted by molar-refractivity contribution is 0.0388. The fourth-order valence-electron chi connectivity index (χ4n) is 4.26. The smallest absolute Gasteiger partial charge is 0.105 e. The molecule has 4 rings (SSSR count). The molecule has 0 saturated carbocycles. The van der Waals surface area contributed by atoms with Gasteiger partial charge in [0.05, 0.1) is 6.54 Å². The summed E-state index contributed by atoms with van der Waals surface area (Å²) in [5.74, 6) is 0. The van der Waals surface area contributed by atoms with Crippen molar-refractivity contribution in [3.05, 3.63) is 69.9 Å². The van der Waals surface area contributed by atoms with Gasteiger partial charge in [0.2, 0.25) is 0 Å². The summed E-state index contributed by atoms with van der Waals surface area (Å²) in [6, 6.07) is 14.2. The molecule has 0 bridgehead atoms. The SMILES string of the molecule is C.Cc1ccc2c(c1)c1c(n2CC(C)(O)c2ccc(Cl)cc2)CCN(C)CC1. The average Bonchev–Trinajstić information content (AvgIpc) is 2.76. The number of aromatic nitrogens is 1. The van der Waals surface area contributed by atoms with Gasteiger partial charge in [0, 0.05) is 41.1 Å². The van der Waals surface area contributed by atoms with Gasteiger partial charge in [-0.1, -0.05) is 42.8 Å². The number of hydrogen-bond acceptors (Lipinski definition) is 2. The van der Waals surface area contributed by atoms with Gasteiger partial charge in [0.25, 0.3) is 0 Å². The number of hydrogen-bond donors (Lipinski definition) is 1. The van der Waals surface area contributed by atoms with Crippen molar-refractivity contribution < 1.29 is 5.11 Å². The zero-order valence-corrected chi connectivity index (χ0v) is 17.1. The van der Waals surface area contributed by atoms with Crippen LogP contribution >= 0.6 is 11.6 Å². The molecule has 1 atom stereocenters. The second kappa shape index (κ2) is 7.90. The van der Waals surface area contributed by atoms with Gasteiger partial charge in [-0.3, -0.25) is 0 Å². The minimum absolute atomic E-state index is 0. The average molecular weight is 399 g/mol. The van der Waals surface area contributed by atoms with E-state index in [1.807, 2.05) is 31.2 Å². The minimum atomic E-state index is -0.965. The zero-order chi connectivity index (χ0) is 19.2. The molecule has 28 heavy (non-hydrogen) atoms. The van der Waals surface area contributed by atoms with E-state index < -0.39 is 5.60 Å². The minimum Gasteiger partial charge on any atom is -0.384 e. The van der Waals surface area contributed by atoms with Crippen LogP contribution in [0.4, 0.5) is 0 Å². The lowest BCUT2D eigenvalue weighted by atomic mass is 9.95. The van der Waals surface area contributed by atoms with Gasteiger partial charge in [-0.25, -0.2) is 0 Å². The standard InChI is InChI=1S/C23H27ClN2O.CH4/c1-16-4-9-21-20(14-16)19-10-12-25(3)13-11-22(19)26(21)15-23(2,27)17-5-7-18(24)8-6-17;/h4-9,14,27H,10-13,15H2,1-3H3;1H4. The molecule has 0 saturated heterocycles. The van der Waals surface area contributed by atoms with E-state index >= 15 is 0 Å². The molecule has 3 aromatic rings. The maximum absolute atomic E-state index is 11.3. The Bertz CT molecular complexity index is 972. The molecule has 1 N–H and O–H groups in total. The highest BCUT2D eigenvalue weighted by Gasteiger charge is 2.28. The van der Waals surface area contributed by atoms with E-state index in [-0.39, 0.29) is 7.43 Å². The highest BCUT2D eigenvalue weighted by atomic mass is 35.5. The van der Waals surface area contributed by atoms with Gasteiger partial charge in [-0.2, -0.15) is 0 Å². The molecule has 4 heteroatoms. The maximum Gasteiger partial charge on any atom is 0.105 e. The summed E-state index contributed by atoms with van der Waals surface area (Å²) in [6.45, 7) is 6.70. The summed E-state index contributed by atoms with van der Waals surface area (Å²) in [4.78, 5) is 2.39. The van der Waals surface area contributed by atoms with Crippen LogP contribution in [0.1, 0.15) is 36.7 Å². The van der Waals surface area contributed by atoms with Gasteiger partial charge < -0.3 is 14.6 Å². The molecule has 150 valence electrons. The second-order valence-electron chi connectivity index (χ2n) is 8.12. The molecule has 0 fully saturated rings. The maximum atomic E-state index is 11.3. The summed E-state index contributed by atoms with van der Waals surface area (Å²) < 4.78 is 2.35.